The zero-order valence-corrected chi connectivity index (χ0v) is 17.8. The molecule has 1 aromatic rings. The third-order valence-electron chi connectivity index (χ3n) is 3.27. The summed E-state index contributed by atoms with van der Waals surface area (Å²) in [6.07, 6.45) is 3.44. The Labute approximate surface area is 161 Å². The Morgan fingerprint density at radius 3 is 2.46 bits per heavy atom. The summed E-state index contributed by atoms with van der Waals surface area (Å²) in [5.41, 5.74) is 2.04. The standard InChI is InChI=1S/C14H27N5O3S.HI/c1-5-12-11(13(6-2)22-19-12)10-17-14(15-3)16-8-7-9-18-23(4,20)21;/h18H,5-10H2,1-4H3,(H2,15,16,17);1H. The highest BCUT2D eigenvalue weighted by Crippen LogP contribution is 2.15. The van der Waals surface area contributed by atoms with E-state index in [4.69, 9.17) is 4.52 Å². The molecule has 0 saturated carbocycles. The molecule has 0 saturated heterocycles. The number of guanidine groups is 1. The van der Waals surface area contributed by atoms with E-state index >= 15 is 0 Å². The fourth-order valence-electron chi connectivity index (χ4n) is 2.08. The Bertz CT molecular complexity index is 594. The van der Waals surface area contributed by atoms with Crippen LogP contribution in [0.4, 0.5) is 0 Å². The second-order valence-corrected chi connectivity index (χ2v) is 6.94. The van der Waals surface area contributed by atoms with E-state index in [2.05, 4.69) is 25.5 Å². The quantitative estimate of drug-likeness (QED) is 0.214. The summed E-state index contributed by atoms with van der Waals surface area (Å²) in [6, 6.07) is 0. The molecule has 0 aliphatic heterocycles. The third kappa shape index (κ3) is 8.29. The van der Waals surface area contributed by atoms with E-state index in [1.807, 2.05) is 13.8 Å². The molecule has 0 aliphatic rings. The van der Waals surface area contributed by atoms with Gasteiger partial charge in [0.2, 0.25) is 10.0 Å². The highest BCUT2D eigenvalue weighted by molar-refractivity contribution is 14.0. The topological polar surface area (TPSA) is 109 Å². The molecular weight excluding hydrogens is 445 g/mol. The van der Waals surface area contributed by atoms with Gasteiger partial charge in [0.15, 0.2) is 5.96 Å². The highest BCUT2D eigenvalue weighted by atomic mass is 127. The Morgan fingerprint density at radius 2 is 1.92 bits per heavy atom. The number of aryl methyl sites for hydroxylation is 2. The molecule has 0 aromatic carbocycles. The Kier molecular flexibility index (Phi) is 11.2. The predicted molar refractivity (Wildman–Crippen MR) is 106 cm³/mol. The van der Waals surface area contributed by atoms with Crippen molar-refractivity contribution < 1.29 is 12.9 Å². The first-order valence-electron chi connectivity index (χ1n) is 7.76. The number of rotatable bonds is 9. The molecule has 24 heavy (non-hydrogen) atoms. The van der Waals surface area contributed by atoms with Crippen molar-refractivity contribution in [3.63, 3.8) is 0 Å². The molecule has 0 aliphatic carbocycles. The highest BCUT2D eigenvalue weighted by Gasteiger charge is 2.13. The first-order valence-corrected chi connectivity index (χ1v) is 9.65. The number of nitrogens with zero attached hydrogens (tertiary/aromatic N) is 2. The summed E-state index contributed by atoms with van der Waals surface area (Å²) < 4.78 is 29.7. The van der Waals surface area contributed by atoms with Gasteiger partial charge in [0.05, 0.1) is 11.9 Å². The molecule has 8 nitrogen and oxygen atoms in total. The summed E-state index contributed by atoms with van der Waals surface area (Å²) >= 11 is 0. The average molecular weight is 473 g/mol. The number of hydrogen-bond acceptors (Lipinski definition) is 5. The van der Waals surface area contributed by atoms with Crippen LogP contribution in [0.2, 0.25) is 0 Å². The van der Waals surface area contributed by atoms with E-state index in [1.54, 1.807) is 7.05 Å². The van der Waals surface area contributed by atoms with E-state index in [1.165, 1.54) is 0 Å². The smallest absolute Gasteiger partial charge is 0.208 e. The number of nitrogens with one attached hydrogen (secondary N) is 3. The lowest BCUT2D eigenvalue weighted by Gasteiger charge is -2.12. The second kappa shape index (κ2) is 11.6. The second-order valence-electron chi connectivity index (χ2n) is 5.11. The van der Waals surface area contributed by atoms with Crippen LogP contribution in [-0.4, -0.2) is 45.9 Å². The van der Waals surface area contributed by atoms with Crippen LogP contribution < -0.4 is 15.4 Å². The van der Waals surface area contributed by atoms with Crippen LogP contribution in [0.25, 0.3) is 0 Å². The minimum atomic E-state index is -3.13. The van der Waals surface area contributed by atoms with Crippen molar-refractivity contribution in [2.24, 2.45) is 4.99 Å². The minimum absolute atomic E-state index is 0. The van der Waals surface area contributed by atoms with Gasteiger partial charge in [-0.1, -0.05) is 19.0 Å². The minimum Gasteiger partial charge on any atom is -0.361 e. The van der Waals surface area contributed by atoms with Crippen LogP contribution >= 0.6 is 24.0 Å². The Balaban J connectivity index is 0.00000529. The van der Waals surface area contributed by atoms with Gasteiger partial charge in [0.25, 0.3) is 0 Å². The van der Waals surface area contributed by atoms with Crippen LogP contribution in [0, 0.1) is 0 Å². The van der Waals surface area contributed by atoms with Crippen molar-refractivity contribution in [3.05, 3.63) is 17.0 Å². The van der Waals surface area contributed by atoms with E-state index in [0.717, 1.165) is 36.1 Å². The van der Waals surface area contributed by atoms with Gasteiger partial charge in [-0.25, -0.2) is 13.1 Å². The molecule has 0 unspecified atom stereocenters. The van der Waals surface area contributed by atoms with Gasteiger partial charge >= 0.3 is 0 Å². The predicted octanol–water partition coefficient (Wildman–Crippen LogP) is 1.02. The van der Waals surface area contributed by atoms with Crippen molar-refractivity contribution in [1.82, 2.24) is 20.5 Å². The number of sulfonamides is 1. The normalized spacial score (nSPS) is 11.9. The van der Waals surface area contributed by atoms with Crippen LogP contribution in [-0.2, 0) is 29.4 Å². The SMILES string of the molecule is CCc1noc(CC)c1CNC(=NC)NCCCNS(C)(=O)=O.I. The van der Waals surface area contributed by atoms with Gasteiger partial charge < -0.3 is 15.2 Å². The maximum absolute atomic E-state index is 11.0. The van der Waals surface area contributed by atoms with E-state index in [9.17, 15) is 8.42 Å². The molecule has 0 bridgehead atoms. The van der Waals surface area contributed by atoms with Gasteiger partial charge in [-0.3, -0.25) is 4.99 Å². The largest absolute Gasteiger partial charge is 0.361 e. The van der Waals surface area contributed by atoms with Gasteiger partial charge in [-0.15, -0.1) is 24.0 Å². The average Bonchev–Trinajstić information content (AvgIpc) is 2.90. The van der Waals surface area contributed by atoms with E-state index in [-0.39, 0.29) is 24.0 Å². The first-order chi connectivity index (χ1) is 10.9. The third-order valence-corrected chi connectivity index (χ3v) is 4.00. The van der Waals surface area contributed by atoms with Crippen LogP contribution in [0.5, 0.6) is 0 Å². The summed E-state index contributed by atoms with van der Waals surface area (Å²) in [4.78, 5) is 4.15. The molecule has 0 radical (unpaired) electrons. The fraction of sp³-hybridized carbons (Fsp3) is 0.714. The number of aliphatic imine (C=N–C) groups is 1. The maximum Gasteiger partial charge on any atom is 0.208 e. The summed E-state index contributed by atoms with van der Waals surface area (Å²) in [7, 11) is -1.43. The first kappa shape index (κ1) is 23.1. The van der Waals surface area contributed by atoms with Crippen molar-refractivity contribution >= 4 is 40.0 Å². The lowest BCUT2D eigenvalue weighted by Crippen LogP contribution is -2.38. The molecule has 3 N–H and O–H groups in total. The van der Waals surface area contributed by atoms with Gasteiger partial charge in [0, 0.05) is 38.7 Å². The van der Waals surface area contributed by atoms with Crippen molar-refractivity contribution in [2.75, 3.05) is 26.4 Å². The lowest BCUT2D eigenvalue weighted by molar-refractivity contribution is 0.380. The summed E-state index contributed by atoms with van der Waals surface area (Å²) in [5, 5.41) is 10.5. The molecular formula is C14H28IN5O3S. The number of aromatic nitrogens is 1. The van der Waals surface area contributed by atoms with Crippen LogP contribution in [0.15, 0.2) is 9.52 Å². The molecule has 0 spiro atoms. The van der Waals surface area contributed by atoms with Crippen molar-refractivity contribution in [1.29, 1.82) is 0 Å². The fourth-order valence-corrected chi connectivity index (χ4v) is 2.60. The van der Waals surface area contributed by atoms with Crippen LogP contribution in [0.3, 0.4) is 0 Å². The molecule has 1 rings (SSSR count). The molecule has 1 aromatic heterocycles. The van der Waals surface area contributed by atoms with Gasteiger partial charge in [0.1, 0.15) is 5.76 Å². The zero-order chi connectivity index (χ0) is 17.3. The van der Waals surface area contributed by atoms with Gasteiger partial charge in [-0.2, -0.15) is 0 Å². The van der Waals surface area contributed by atoms with E-state index < -0.39 is 10.0 Å². The number of hydrogen-bond donors (Lipinski definition) is 3. The Hall–Kier alpha value is -0.880. The summed E-state index contributed by atoms with van der Waals surface area (Å²) in [6.45, 7) is 5.69. The monoisotopic (exact) mass is 473 g/mol. The molecule has 0 fully saturated rings. The molecule has 10 heteroatoms. The molecule has 0 atom stereocenters. The lowest BCUT2D eigenvalue weighted by atomic mass is 10.1. The van der Waals surface area contributed by atoms with Crippen molar-refractivity contribution in [3.8, 4) is 0 Å². The Morgan fingerprint density at radius 1 is 1.21 bits per heavy atom. The number of halogens is 1. The zero-order valence-electron chi connectivity index (χ0n) is 14.7. The van der Waals surface area contributed by atoms with Crippen LogP contribution in [0.1, 0.15) is 37.3 Å². The summed E-state index contributed by atoms with van der Waals surface area (Å²) in [5.74, 6) is 1.55. The molecule has 1 heterocycles. The van der Waals surface area contributed by atoms with Crippen molar-refractivity contribution in [2.45, 2.75) is 39.7 Å². The molecule has 140 valence electrons. The molecule has 0 amide bonds. The van der Waals surface area contributed by atoms with E-state index in [0.29, 0.717) is 32.0 Å². The van der Waals surface area contributed by atoms with Gasteiger partial charge in [-0.05, 0) is 12.8 Å². The maximum atomic E-state index is 11.0.